The number of hydrogen-bond donors (Lipinski definition) is 1. The Balaban J connectivity index is 1.34. The number of hydrogen-bond acceptors (Lipinski definition) is 7. The van der Waals surface area contributed by atoms with Crippen molar-refractivity contribution >= 4 is 71.6 Å². The summed E-state index contributed by atoms with van der Waals surface area (Å²) in [4.78, 5) is 43.0. The van der Waals surface area contributed by atoms with E-state index in [0.29, 0.717) is 33.3 Å². The molecular weight excluding hydrogens is 606 g/mol. The Bertz CT molecular complexity index is 2550. The van der Waals surface area contributed by atoms with Crippen molar-refractivity contribution in [3.63, 3.8) is 0 Å². The van der Waals surface area contributed by atoms with Crippen LogP contribution in [0.25, 0.3) is 53.9 Å². The zero-order valence-electron chi connectivity index (χ0n) is 26.0. The number of methoxy groups -OCH3 is 2. The van der Waals surface area contributed by atoms with Crippen LogP contribution in [0, 0.1) is 0 Å². The van der Waals surface area contributed by atoms with Crippen LogP contribution in [0.2, 0.25) is 0 Å². The normalized spacial score (nSPS) is 15.1. The van der Waals surface area contributed by atoms with Crippen LogP contribution in [0.4, 0.5) is 0 Å². The van der Waals surface area contributed by atoms with Gasteiger partial charge >= 0.3 is 5.97 Å². The van der Waals surface area contributed by atoms with Gasteiger partial charge in [0.2, 0.25) is 0 Å². The van der Waals surface area contributed by atoms with Gasteiger partial charge in [-0.05, 0) is 89.8 Å². The number of amides is 2. The molecule has 1 aliphatic rings. The van der Waals surface area contributed by atoms with Crippen LogP contribution in [0.15, 0.2) is 97.1 Å². The minimum atomic E-state index is -1.87. The molecule has 8 heteroatoms. The lowest BCUT2D eigenvalue weighted by Gasteiger charge is -2.33. The first-order valence-electron chi connectivity index (χ1n) is 15.6. The zero-order chi connectivity index (χ0) is 32.9. The maximum Gasteiger partial charge on any atom is 0.363 e. The molecular formula is C40H27NO7. The Kier molecular flexibility index (Phi) is 5.89. The average Bonchev–Trinajstić information content (AvgIpc) is 3.66. The number of rotatable bonds is 7. The molecule has 1 N–H and O–H groups in total. The van der Waals surface area contributed by atoms with Crippen molar-refractivity contribution in [1.82, 2.24) is 5.06 Å². The molecule has 1 atom stereocenters. The van der Waals surface area contributed by atoms with Gasteiger partial charge in [0.15, 0.2) is 0 Å². The van der Waals surface area contributed by atoms with Crippen LogP contribution in [0.3, 0.4) is 0 Å². The van der Waals surface area contributed by atoms with E-state index in [-0.39, 0.29) is 18.4 Å². The van der Waals surface area contributed by atoms with Crippen LogP contribution in [0.5, 0.6) is 11.5 Å². The first-order valence-corrected chi connectivity index (χ1v) is 15.6. The molecule has 48 heavy (non-hydrogen) atoms. The van der Waals surface area contributed by atoms with E-state index >= 15 is 0 Å². The summed E-state index contributed by atoms with van der Waals surface area (Å²) in [5.41, 5.74) is -0.432. The van der Waals surface area contributed by atoms with E-state index < -0.39 is 23.4 Å². The summed E-state index contributed by atoms with van der Waals surface area (Å²) in [6.45, 7) is 0. The lowest BCUT2D eigenvalue weighted by Crippen LogP contribution is -2.33. The zero-order valence-corrected chi connectivity index (χ0v) is 26.0. The van der Waals surface area contributed by atoms with E-state index in [1.165, 1.54) is 30.0 Å². The van der Waals surface area contributed by atoms with E-state index in [9.17, 15) is 19.5 Å². The highest BCUT2D eigenvalue weighted by atomic mass is 16.7. The summed E-state index contributed by atoms with van der Waals surface area (Å²) >= 11 is 0. The molecule has 1 aliphatic heterocycles. The molecule has 8 aromatic rings. The Hall–Kier alpha value is -5.99. The van der Waals surface area contributed by atoms with Gasteiger partial charge < -0.3 is 19.4 Å². The molecule has 0 aliphatic carbocycles. The van der Waals surface area contributed by atoms with E-state index in [0.717, 1.165) is 43.1 Å². The minimum Gasteiger partial charge on any atom is -0.497 e. The molecule has 1 fully saturated rings. The molecule has 2 amide bonds. The SMILES string of the molecule is COc1ccc(C(O)(c2cccc(C(=O)ON3C(=O)CCC3=O)c2)c2cc3ccc4ccc5ccc6ccc2c2c6c5c4c32)c(OC)c1. The number of nitrogens with zero attached hydrogens (tertiary/aromatic N) is 1. The van der Waals surface area contributed by atoms with Crippen molar-refractivity contribution in [2.45, 2.75) is 18.4 Å². The fourth-order valence-corrected chi connectivity index (χ4v) is 7.69. The summed E-state index contributed by atoms with van der Waals surface area (Å²) in [6.07, 6.45) is -0.0370. The van der Waals surface area contributed by atoms with Crippen molar-refractivity contribution in [3.8, 4) is 11.5 Å². The molecule has 1 saturated heterocycles. The highest BCUT2D eigenvalue weighted by molar-refractivity contribution is 6.44. The lowest BCUT2D eigenvalue weighted by molar-refractivity contribution is -0.172. The number of benzene rings is 7. The smallest absolute Gasteiger partial charge is 0.363 e. The van der Waals surface area contributed by atoms with Gasteiger partial charge in [-0.3, -0.25) is 9.59 Å². The molecule has 8 aromatic carbocycles. The highest BCUT2D eigenvalue weighted by Crippen LogP contribution is 2.52. The van der Waals surface area contributed by atoms with Crippen molar-refractivity contribution in [3.05, 3.63) is 119 Å². The molecule has 1 unspecified atom stereocenters. The maximum atomic E-state index is 13.4. The third-order valence-corrected chi connectivity index (χ3v) is 9.91. The molecule has 0 spiro atoms. The molecule has 0 saturated carbocycles. The van der Waals surface area contributed by atoms with E-state index in [2.05, 4.69) is 42.5 Å². The second-order valence-electron chi connectivity index (χ2n) is 12.3. The Labute approximate surface area is 273 Å². The molecule has 0 aromatic heterocycles. The number of carbonyl (C=O) groups excluding carboxylic acids is 3. The second kappa shape index (κ2) is 10.0. The number of carbonyl (C=O) groups is 3. The monoisotopic (exact) mass is 633 g/mol. The van der Waals surface area contributed by atoms with Crippen LogP contribution >= 0.6 is 0 Å². The van der Waals surface area contributed by atoms with Gasteiger partial charge in [-0.15, -0.1) is 5.06 Å². The van der Waals surface area contributed by atoms with Crippen LogP contribution in [-0.4, -0.2) is 42.2 Å². The lowest BCUT2D eigenvalue weighted by atomic mass is 9.76. The Morgan fingerprint density at radius 3 is 1.92 bits per heavy atom. The quantitative estimate of drug-likeness (QED) is 0.112. The van der Waals surface area contributed by atoms with Crippen molar-refractivity contribution < 1.29 is 33.8 Å². The topological polar surface area (TPSA) is 102 Å². The van der Waals surface area contributed by atoms with Gasteiger partial charge in [-0.25, -0.2) is 4.79 Å². The molecule has 1 heterocycles. The van der Waals surface area contributed by atoms with E-state index in [4.69, 9.17) is 14.3 Å². The maximum absolute atomic E-state index is 13.4. The third-order valence-electron chi connectivity index (χ3n) is 9.91. The van der Waals surface area contributed by atoms with Crippen molar-refractivity contribution in [2.24, 2.45) is 0 Å². The van der Waals surface area contributed by atoms with E-state index in [1.807, 2.05) is 12.1 Å². The number of aliphatic hydroxyl groups is 1. The Morgan fingerprint density at radius 1 is 0.667 bits per heavy atom. The number of ether oxygens (including phenoxy) is 2. The summed E-state index contributed by atoms with van der Waals surface area (Å²) < 4.78 is 11.4. The first-order chi connectivity index (χ1) is 23.3. The summed E-state index contributed by atoms with van der Waals surface area (Å²) in [5.74, 6) is -1.12. The fourth-order valence-electron chi connectivity index (χ4n) is 7.69. The molecule has 8 nitrogen and oxygen atoms in total. The second-order valence-corrected chi connectivity index (χ2v) is 12.3. The van der Waals surface area contributed by atoms with Crippen LogP contribution < -0.4 is 9.47 Å². The Morgan fingerprint density at radius 2 is 1.27 bits per heavy atom. The third kappa shape index (κ3) is 3.72. The average molecular weight is 634 g/mol. The molecule has 9 rings (SSSR count). The van der Waals surface area contributed by atoms with Crippen LogP contribution in [-0.2, 0) is 20.0 Å². The molecule has 0 radical (unpaired) electrons. The van der Waals surface area contributed by atoms with Crippen molar-refractivity contribution in [1.29, 1.82) is 0 Å². The van der Waals surface area contributed by atoms with E-state index in [1.54, 1.807) is 37.4 Å². The summed E-state index contributed by atoms with van der Waals surface area (Å²) in [5, 5.41) is 24.9. The van der Waals surface area contributed by atoms with Gasteiger partial charge in [0.25, 0.3) is 11.8 Å². The van der Waals surface area contributed by atoms with Crippen LogP contribution in [0.1, 0.15) is 39.9 Å². The van der Waals surface area contributed by atoms with Gasteiger partial charge in [0, 0.05) is 30.0 Å². The molecule has 234 valence electrons. The minimum absolute atomic E-state index is 0.0185. The standard InChI is InChI=1S/C40H27NO7/c1-46-27-13-15-29(31(20-27)47-2)40(45,26-5-3-4-25(18-26)39(44)48-41-32(42)16-17-33(41)43)30-19-24-11-10-22-7-6-21-8-9-23-12-14-28(30)38-36(23)34(21)35(22)37(24)38/h3-15,18-20,45H,16-17H2,1-2H3. The van der Waals surface area contributed by atoms with Gasteiger partial charge in [0.05, 0.1) is 19.8 Å². The summed E-state index contributed by atoms with van der Waals surface area (Å²) in [7, 11) is 3.09. The number of imide groups is 1. The fraction of sp³-hybridized carbons (Fsp3) is 0.125. The molecule has 0 bridgehead atoms. The predicted molar refractivity (Wildman–Crippen MR) is 182 cm³/mol. The predicted octanol–water partition coefficient (Wildman–Crippen LogP) is 7.29. The first kappa shape index (κ1) is 28.3. The van der Waals surface area contributed by atoms with Gasteiger partial charge in [-0.1, -0.05) is 60.7 Å². The summed E-state index contributed by atoms with van der Waals surface area (Å²) in [6, 6.07) is 30.6. The number of hydroxylamine groups is 2. The highest BCUT2D eigenvalue weighted by Gasteiger charge is 2.40. The van der Waals surface area contributed by atoms with Gasteiger partial charge in [0.1, 0.15) is 17.1 Å². The van der Waals surface area contributed by atoms with Gasteiger partial charge in [-0.2, -0.15) is 0 Å². The largest absolute Gasteiger partial charge is 0.497 e. The van der Waals surface area contributed by atoms with Crippen molar-refractivity contribution in [2.75, 3.05) is 14.2 Å².